The number of nitrogens with two attached hydrogens (primary N) is 1. The van der Waals surface area contributed by atoms with Gasteiger partial charge in [0.25, 0.3) is 0 Å². The molecular formula is C12H19N3O. The first-order valence-corrected chi connectivity index (χ1v) is 6.19. The second-order valence-corrected chi connectivity index (χ2v) is 4.89. The van der Waals surface area contributed by atoms with Crippen molar-refractivity contribution in [2.24, 2.45) is 11.7 Å². The normalized spacial score (nSPS) is 28.0. The number of carbonyl (C=O) groups excluding carboxylic acids is 1. The molecule has 1 aliphatic carbocycles. The van der Waals surface area contributed by atoms with E-state index in [-0.39, 0.29) is 18.0 Å². The molecule has 1 amide bonds. The lowest BCUT2D eigenvalue weighted by Crippen LogP contribution is -2.48. The van der Waals surface area contributed by atoms with Gasteiger partial charge < -0.3 is 10.6 Å². The molecule has 2 rings (SSSR count). The van der Waals surface area contributed by atoms with E-state index < -0.39 is 0 Å². The molecule has 88 valence electrons. The number of nitriles is 1. The van der Waals surface area contributed by atoms with Crippen LogP contribution in [0.1, 0.15) is 38.5 Å². The Labute approximate surface area is 96.4 Å². The van der Waals surface area contributed by atoms with Crippen molar-refractivity contribution in [3.8, 4) is 6.07 Å². The Kier molecular flexibility index (Phi) is 3.45. The summed E-state index contributed by atoms with van der Waals surface area (Å²) in [6.45, 7) is 0.706. The standard InChI is InChI=1S/C12H19N3O/c13-8-10-6-3-7-15(10)12(16)11(14)9-4-1-2-5-9/h9-11H,1-7,14H2/t10-,11-/m0/s1. The molecule has 0 unspecified atom stereocenters. The van der Waals surface area contributed by atoms with E-state index in [4.69, 9.17) is 11.0 Å². The zero-order valence-electron chi connectivity index (χ0n) is 9.56. The summed E-state index contributed by atoms with van der Waals surface area (Å²) in [5.41, 5.74) is 6.02. The Morgan fingerprint density at radius 1 is 1.31 bits per heavy atom. The molecule has 1 saturated heterocycles. The lowest BCUT2D eigenvalue weighted by atomic mass is 9.97. The summed E-state index contributed by atoms with van der Waals surface area (Å²) < 4.78 is 0. The number of hydrogen-bond donors (Lipinski definition) is 1. The van der Waals surface area contributed by atoms with Crippen LogP contribution in [0.25, 0.3) is 0 Å². The fourth-order valence-electron chi connectivity index (χ4n) is 2.87. The van der Waals surface area contributed by atoms with E-state index in [2.05, 4.69) is 6.07 Å². The number of nitrogens with zero attached hydrogens (tertiary/aromatic N) is 2. The van der Waals surface area contributed by atoms with Gasteiger partial charge in [-0.25, -0.2) is 0 Å². The van der Waals surface area contributed by atoms with Crippen LogP contribution in [0.15, 0.2) is 0 Å². The van der Waals surface area contributed by atoms with Gasteiger partial charge in [0, 0.05) is 6.54 Å². The van der Waals surface area contributed by atoms with Gasteiger partial charge in [-0.05, 0) is 31.6 Å². The molecule has 1 saturated carbocycles. The lowest BCUT2D eigenvalue weighted by molar-refractivity contribution is -0.133. The predicted octanol–water partition coefficient (Wildman–Crippen LogP) is 1.02. The molecule has 0 aromatic heterocycles. The Balaban J connectivity index is 1.98. The predicted molar refractivity (Wildman–Crippen MR) is 60.3 cm³/mol. The molecule has 16 heavy (non-hydrogen) atoms. The van der Waals surface area contributed by atoms with Crippen LogP contribution in [0.2, 0.25) is 0 Å². The highest BCUT2D eigenvalue weighted by molar-refractivity contribution is 5.82. The zero-order valence-corrected chi connectivity index (χ0v) is 9.56. The van der Waals surface area contributed by atoms with E-state index in [1.54, 1.807) is 4.90 Å². The van der Waals surface area contributed by atoms with Gasteiger partial charge in [0.2, 0.25) is 5.91 Å². The summed E-state index contributed by atoms with van der Waals surface area (Å²) in [5.74, 6) is 0.336. The summed E-state index contributed by atoms with van der Waals surface area (Å²) in [6.07, 6.45) is 6.25. The van der Waals surface area contributed by atoms with Crippen LogP contribution in [-0.2, 0) is 4.79 Å². The molecule has 2 N–H and O–H groups in total. The third-order valence-corrected chi connectivity index (χ3v) is 3.88. The maximum absolute atomic E-state index is 12.2. The molecule has 0 aromatic carbocycles. The van der Waals surface area contributed by atoms with E-state index >= 15 is 0 Å². The molecule has 2 atom stereocenters. The number of hydrogen-bond acceptors (Lipinski definition) is 3. The van der Waals surface area contributed by atoms with Gasteiger partial charge in [-0.3, -0.25) is 4.79 Å². The summed E-state index contributed by atoms with van der Waals surface area (Å²) >= 11 is 0. The molecule has 1 heterocycles. The van der Waals surface area contributed by atoms with Crippen molar-refractivity contribution in [2.75, 3.05) is 6.54 Å². The number of carbonyl (C=O) groups is 1. The Morgan fingerprint density at radius 3 is 2.62 bits per heavy atom. The van der Waals surface area contributed by atoms with Crippen molar-refractivity contribution in [1.82, 2.24) is 4.90 Å². The minimum atomic E-state index is -0.378. The van der Waals surface area contributed by atoms with Gasteiger partial charge in [-0.15, -0.1) is 0 Å². The average molecular weight is 221 g/mol. The first-order valence-electron chi connectivity index (χ1n) is 6.19. The van der Waals surface area contributed by atoms with Crippen LogP contribution in [0.3, 0.4) is 0 Å². The first-order chi connectivity index (χ1) is 7.74. The van der Waals surface area contributed by atoms with E-state index in [0.29, 0.717) is 12.5 Å². The SMILES string of the molecule is N#C[C@@H]1CCCN1C(=O)[C@@H](N)C1CCCC1. The third kappa shape index (κ3) is 2.05. The first kappa shape index (κ1) is 11.4. The molecule has 0 aromatic rings. The topological polar surface area (TPSA) is 70.1 Å². The molecule has 4 heteroatoms. The molecule has 0 bridgehead atoms. The smallest absolute Gasteiger partial charge is 0.240 e. The molecule has 0 radical (unpaired) electrons. The minimum absolute atomic E-state index is 0.00375. The van der Waals surface area contributed by atoms with Crippen LogP contribution in [0.5, 0.6) is 0 Å². The number of amides is 1. The third-order valence-electron chi connectivity index (χ3n) is 3.88. The molecular weight excluding hydrogens is 202 g/mol. The van der Waals surface area contributed by atoms with Gasteiger partial charge in [-0.1, -0.05) is 12.8 Å². The Bertz CT molecular complexity index is 304. The van der Waals surface area contributed by atoms with Gasteiger partial charge in [0.1, 0.15) is 6.04 Å². The van der Waals surface area contributed by atoms with Crippen LogP contribution in [0.4, 0.5) is 0 Å². The van der Waals surface area contributed by atoms with Crippen LogP contribution >= 0.6 is 0 Å². The number of likely N-dealkylation sites (tertiary alicyclic amines) is 1. The van der Waals surface area contributed by atoms with E-state index in [0.717, 1.165) is 25.7 Å². The van der Waals surface area contributed by atoms with Crippen molar-refractivity contribution >= 4 is 5.91 Å². The van der Waals surface area contributed by atoms with Gasteiger partial charge in [0.05, 0.1) is 12.1 Å². The summed E-state index contributed by atoms with van der Waals surface area (Å²) in [6, 6.07) is 1.58. The molecule has 0 spiro atoms. The van der Waals surface area contributed by atoms with E-state index in [9.17, 15) is 4.79 Å². The van der Waals surface area contributed by atoms with Gasteiger partial charge in [-0.2, -0.15) is 5.26 Å². The second kappa shape index (κ2) is 4.84. The van der Waals surface area contributed by atoms with Gasteiger partial charge >= 0.3 is 0 Å². The largest absolute Gasteiger partial charge is 0.325 e. The summed E-state index contributed by atoms with van der Waals surface area (Å²) in [4.78, 5) is 13.8. The highest BCUT2D eigenvalue weighted by Crippen LogP contribution is 2.28. The molecule has 2 aliphatic rings. The maximum atomic E-state index is 12.2. The minimum Gasteiger partial charge on any atom is -0.325 e. The van der Waals surface area contributed by atoms with Crippen LogP contribution in [0, 0.1) is 17.2 Å². The average Bonchev–Trinajstić information content (AvgIpc) is 2.97. The highest BCUT2D eigenvalue weighted by atomic mass is 16.2. The van der Waals surface area contributed by atoms with Crippen molar-refractivity contribution in [2.45, 2.75) is 50.6 Å². The van der Waals surface area contributed by atoms with Crippen molar-refractivity contribution in [1.29, 1.82) is 5.26 Å². The molecule has 4 nitrogen and oxygen atoms in total. The Morgan fingerprint density at radius 2 is 2.00 bits per heavy atom. The lowest BCUT2D eigenvalue weighted by Gasteiger charge is -2.26. The Hall–Kier alpha value is -1.08. The molecule has 1 aliphatic heterocycles. The van der Waals surface area contributed by atoms with Gasteiger partial charge in [0.15, 0.2) is 0 Å². The maximum Gasteiger partial charge on any atom is 0.240 e. The van der Waals surface area contributed by atoms with E-state index in [1.807, 2.05) is 0 Å². The fourth-order valence-corrected chi connectivity index (χ4v) is 2.87. The van der Waals surface area contributed by atoms with Crippen molar-refractivity contribution in [3.63, 3.8) is 0 Å². The second-order valence-electron chi connectivity index (χ2n) is 4.89. The van der Waals surface area contributed by atoms with Crippen molar-refractivity contribution in [3.05, 3.63) is 0 Å². The zero-order chi connectivity index (χ0) is 11.5. The van der Waals surface area contributed by atoms with Crippen LogP contribution < -0.4 is 5.73 Å². The van der Waals surface area contributed by atoms with Crippen molar-refractivity contribution < 1.29 is 4.79 Å². The fraction of sp³-hybridized carbons (Fsp3) is 0.833. The monoisotopic (exact) mass is 221 g/mol. The highest BCUT2D eigenvalue weighted by Gasteiger charge is 2.35. The molecule has 2 fully saturated rings. The summed E-state index contributed by atoms with van der Waals surface area (Å²) in [5, 5.41) is 8.95. The number of rotatable bonds is 2. The van der Waals surface area contributed by atoms with E-state index in [1.165, 1.54) is 12.8 Å². The quantitative estimate of drug-likeness (QED) is 0.756. The van der Waals surface area contributed by atoms with Crippen LogP contribution in [-0.4, -0.2) is 29.4 Å². The summed E-state index contributed by atoms with van der Waals surface area (Å²) in [7, 11) is 0.